The van der Waals surface area contributed by atoms with Crippen LogP contribution in [0.1, 0.15) is 17.5 Å². The van der Waals surface area contributed by atoms with Crippen molar-refractivity contribution in [3.63, 3.8) is 0 Å². The summed E-state index contributed by atoms with van der Waals surface area (Å²) in [6.45, 7) is 4.69. The molecule has 1 heterocycles. The number of H-pyrrole nitrogens is 1. The maximum absolute atomic E-state index is 12.3. The van der Waals surface area contributed by atoms with E-state index < -0.39 is 10.0 Å². The lowest BCUT2D eigenvalue weighted by atomic mass is 10.2. The number of imidazole rings is 1. The van der Waals surface area contributed by atoms with Gasteiger partial charge >= 0.3 is 0 Å². The average Bonchev–Trinajstić information content (AvgIpc) is 2.92. The summed E-state index contributed by atoms with van der Waals surface area (Å²) in [5, 5.41) is 0.579. The number of hydrogen-bond donors (Lipinski definition) is 2. The topological polar surface area (TPSA) is 65.8 Å². The highest BCUT2D eigenvalue weighted by Gasteiger charge is 2.17. The number of aromatic amines is 1. The van der Waals surface area contributed by atoms with E-state index in [-0.39, 0.29) is 17.0 Å². The molecule has 8 heteroatoms. The van der Waals surface area contributed by atoms with Crippen molar-refractivity contribution in [3.8, 4) is 0 Å². The number of aromatic nitrogens is 2. The van der Waals surface area contributed by atoms with E-state index in [1.807, 2.05) is 23.3 Å². The lowest BCUT2D eigenvalue weighted by molar-refractivity contribution is -0.695. The molecule has 0 saturated heterocycles. The summed E-state index contributed by atoms with van der Waals surface area (Å²) < 4.78 is 29.2. The monoisotopic (exact) mass is 407 g/mol. The fourth-order valence-corrected chi connectivity index (χ4v) is 3.65. The number of nitrogens with zero attached hydrogens (tertiary/aromatic N) is 1. The number of rotatable bonds is 6. The Morgan fingerprint density at radius 2 is 2.00 bits per heavy atom. The van der Waals surface area contributed by atoms with Crippen LogP contribution in [0.5, 0.6) is 0 Å². The van der Waals surface area contributed by atoms with Gasteiger partial charge in [-0.05, 0) is 43.5 Å². The van der Waals surface area contributed by atoms with Gasteiger partial charge in [-0.15, -0.1) is 0 Å². The molecule has 0 atom stereocenters. The zero-order valence-corrected chi connectivity index (χ0v) is 15.6. The Morgan fingerprint density at radius 3 is 2.64 bits per heavy atom. The third-order valence-corrected chi connectivity index (χ3v) is 5.24. The second kappa shape index (κ2) is 8.10. The summed E-state index contributed by atoms with van der Waals surface area (Å²) in [7, 11) is -3.50. The highest BCUT2D eigenvalue weighted by atomic mass is 79.9. The van der Waals surface area contributed by atoms with Gasteiger partial charge in [-0.2, -0.15) is 0 Å². The predicted molar refractivity (Wildman–Crippen MR) is 81.7 cm³/mol. The van der Waals surface area contributed by atoms with Gasteiger partial charge in [0.15, 0.2) is 0 Å². The number of aryl methyl sites for hydroxylation is 3. The summed E-state index contributed by atoms with van der Waals surface area (Å²) in [4.78, 5) is 3.23. The van der Waals surface area contributed by atoms with E-state index in [2.05, 4.69) is 9.71 Å². The minimum Gasteiger partial charge on any atom is -1.00 e. The first-order chi connectivity index (χ1) is 9.90. The van der Waals surface area contributed by atoms with Crippen LogP contribution in [0.25, 0.3) is 0 Å². The Labute approximate surface area is 146 Å². The molecule has 0 aliphatic carbocycles. The molecular formula is C14H19BrClN3O2S. The fourth-order valence-electron chi connectivity index (χ4n) is 2.05. The molecule has 2 aromatic rings. The van der Waals surface area contributed by atoms with Crippen molar-refractivity contribution < 1.29 is 30.0 Å². The van der Waals surface area contributed by atoms with Gasteiger partial charge in [0.25, 0.3) is 0 Å². The van der Waals surface area contributed by atoms with E-state index in [0.717, 1.165) is 12.1 Å². The first-order valence-corrected chi connectivity index (χ1v) is 8.54. The average molecular weight is 409 g/mol. The van der Waals surface area contributed by atoms with Crippen LogP contribution >= 0.6 is 11.6 Å². The van der Waals surface area contributed by atoms with Gasteiger partial charge < -0.3 is 17.0 Å². The quantitative estimate of drug-likeness (QED) is 0.473. The maximum Gasteiger partial charge on any atom is 0.241 e. The van der Waals surface area contributed by atoms with E-state index >= 15 is 0 Å². The number of benzene rings is 1. The Bertz CT molecular complexity index is 718. The smallest absolute Gasteiger partial charge is 0.241 e. The molecule has 5 nitrogen and oxygen atoms in total. The van der Waals surface area contributed by atoms with Gasteiger partial charge in [-0.1, -0.05) is 11.6 Å². The van der Waals surface area contributed by atoms with Gasteiger partial charge in [-0.3, -0.25) is 4.98 Å². The second-order valence-corrected chi connectivity index (χ2v) is 7.11. The molecule has 2 rings (SSSR count). The fraction of sp³-hybridized carbons (Fsp3) is 0.357. The van der Waals surface area contributed by atoms with E-state index in [9.17, 15) is 8.42 Å². The molecule has 0 amide bonds. The molecule has 0 aliphatic heterocycles. The van der Waals surface area contributed by atoms with E-state index in [0.29, 0.717) is 28.4 Å². The summed E-state index contributed by atoms with van der Waals surface area (Å²) >= 11 is 6.00. The summed E-state index contributed by atoms with van der Waals surface area (Å²) in [5.41, 5.74) is 1.41. The molecule has 122 valence electrons. The van der Waals surface area contributed by atoms with E-state index in [4.69, 9.17) is 11.6 Å². The van der Waals surface area contributed by atoms with Crippen molar-refractivity contribution in [3.05, 3.63) is 47.0 Å². The van der Waals surface area contributed by atoms with E-state index in [1.165, 1.54) is 0 Å². The van der Waals surface area contributed by atoms with Gasteiger partial charge in [-0.25, -0.2) is 17.7 Å². The molecule has 22 heavy (non-hydrogen) atoms. The molecule has 2 N–H and O–H groups in total. The lowest BCUT2D eigenvalue weighted by Crippen LogP contribution is -3.00. The molecular weight excluding hydrogens is 390 g/mol. The second-order valence-electron chi connectivity index (χ2n) is 4.97. The summed E-state index contributed by atoms with van der Waals surface area (Å²) in [5.74, 6) is 0. The summed E-state index contributed by atoms with van der Waals surface area (Å²) in [6.07, 6.45) is 6.28. The van der Waals surface area contributed by atoms with Crippen LogP contribution in [0.3, 0.4) is 0 Å². The molecule has 0 bridgehead atoms. The Hall–Kier alpha value is -0.890. The first-order valence-electron chi connectivity index (χ1n) is 6.68. The SMILES string of the molecule is Cc1cc(S(=O)(=O)NCCC[n+]2cc[nH]c2)c(C)cc1Cl.[Br-]. The molecule has 0 unspecified atom stereocenters. The Kier molecular flexibility index (Phi) is 7.05. The van der Waals surface area contributed by atoms with Crippen molar-refractivity contribution in [1.82, 2.24) is 9.71 Å². The van der Waals surface area contributed by atoms with Crippen molar-refractivity contribution in [2.45, 2.75) is 31.7 Å². The predicted octanol–water partition coefficient (Wildman–Crippen LogP) is -1.05. The highest BCUT2D eigenvalue weighted by molar-refractivity contribution is 7.89. The standard InChI is InChI=1S/C14H18ClN3O2S.BrH/c1-11-9-14(12(2)8-13(11)15)21(19,20)17-4-3-6-18-7-5-16-10-18;/h5,7-10,17H,3-4,6H2,1-2H3;1H. The van der Waals surface area contributed by atoms with Crippen molar-refractivity contribution in [2.24, 2.45) is 0 Å². The van der Waals surface area contributed by atoms with Crippen LogP contribution < -0.4 is 26.3 Å². The molecule has 1 aromatic carbocycles. The Balaban J connectivity index is 0.00000242. The third kappa shape index (κ3) is 4.81. The van der Waals surface area contributed by atoms with Crippen molar-refractivity contribution in [1.29, 1.82) is 0 Å². The number of halogens is 2. The zero-order chi connectivity index (χ0) is 15.5. The number of nitrogens with one attached hydrogen (secondary N) is 2. The van der Waals surface area contributed by atoms with Gasteiger partial charge in [0, 0.05) is 11.6 Å². The first kappa shape index (κ1) is 19.2. The molecule has 0 radical (unpaired) electrons. The largest absolute Gasteiger partial charge is 1.00 e. The van der Waals surface area contributed by atoms with E-state index in [1.54, 1.807) is 26.0 Å². The van der Waals surface area contributed by atoms with Gasteiger partial charge in [0.2, 0.25) is 16.4 Å². The minimum atomic E-state index is -3.50. The molecule has 0 fully saturated rings. The number of hydrogen-bond acceptors (Lipinski definition) is 2. The lowest BCUT2D eigenvalue weighted by Gasteiger charge is -2.11. The minimum absolute atomic E-state index is 0. The van der Waals surface area contributed by atoms with Crippen molar-refractivity contribution in [2.75, 3.05) is 6.54 Å². The third-order valence-electron chi connectivity index (χ3n) is 3.23. The molecule has 1 aromatic heterocycles. The van der Waals surface area contributed by atoms with Gasteiger partial charge in [0.05, 0.1) is 11.4 Å². The maximum atomic E-state index is 12.3. The molecule has 0 saturated carbocycles. The van der Waals surface area contributed by atoms with Crippen LogP contribution in [-0.4, -0.2) is 19.9 Å². The van der Waals surface area contributed by atoms with Crippen LogP contribution in [0, 0.1) is 13.8 Å². The highest BCUT2D eigenvalue weighted by Crippen LogP contribution is 2.23. The van der Waals surface area contributed by atoms with Crippen LogP contribution in [0.2, 0.25) is 5.02 Å². The molecule has 0 aliphatic rings. The zero-order valence-electron chi connectivity index (χ0n) is 12.4. The van der Waals surface area contributed by atoms with Crippen molar-refractivity contribution >= 4 is 21.6 Å². The van der Waals surface area contributed by atoms with Gasteiger partial charge in [0.1, 0.15) is 12.4 Å². The molecule has 0 spiro atoms. The summed E-state index contributed by atoms with van der Waals surface area (Å²) in [6, 6.07) is 3.29. The normalized spacial score (nSPS) is 11.2. The van der Waals surface area contributed by atoms with Crippen LogP contribution in [0.15, 0.2) is 35.7 Å². The van der Waals surface area contributed by atoms with Crippen LogP contribution in [0.4, 0.5) is 0 Å². The number of sulfonamides is 1. The van der Waals surface area contributed by atoms with Crippen LogP contribution in [-0.2, 0) is 16.6 Å². The Morgan fingerprint density at radius 1 is 1.27 bits per heavy atom.